The van der Waals surface area contributed by atoms with E-state index < -0.39 is 0 Å². The zero-order valence-electron chi connectivity index (χ0n) is 7.18. The predicted molar refractivity (Wildman–Crippen MR) is 45.2 cm³/mol. The first-order valence-corrected chi connectivity index (χ1v) is 4.55. The Bertz CT molecular complexity index is 140. The Balaban J connectivity index is 2.16. The molecule has 1 unspecified atom stereocenters. The van der Waals surface area contributed by atoms with Gasteiger partial charge in [-0.2, -0.15) is 0 Å². The molecule has 1 aliphatic carbocycles. The van der Waals surface area contributed by atoms with E-state index in [9.17, 15) is 4.79 Å². The van der Waals surface area contributed by atoms with Gasteiger partial charge in [0.2, 0.25) is 0 Å². The monoisotopic (exact) mass is 155 g/mol. The van der Waals surface area contributed by atoms with E-state index in [0.29, 0.717) is 11.7 Å². The lowest BCUT2D eigenvalue weighted by Crippen LogP contribution is -2.31. The Hall–Kier alpha value is -0.370. The first kappa shape index (κ1) is 8.72. The second-order valence-corrected chi connectivity index (χ2v) is 3.43. The van der Waals surface area contributed by atoms with Gasteiger partial charge in [-0.25, -0.2) is 0 Å². The standard InChI is InChI=1S/C9H17NO/c1-2-3-4-8(10)9(11)7-5-6-7/h7-8H,2-6,10H2,1H3. The third kappa shape index (κ3) is 2.62. The summed E-state index contributed by atoms with van der Waals surface area (Å²) in [6.45, 7) is 2.12. The first-order valence-electron chi connectivity index (χ1n) is 4.55. The third-order valence-corrected chi connectivity index (χ3v) is 2.21. The van der Waals surface area contributed by atoms with Gasteiger partial charge >= 0.3 is 0 Å². The van der Waals surface area contributed by atoms with E-state index in [0.717, 1.165) is 32.1 Å². The SMILES string of the molecule is CCCCC(N)C(=O)C1CC1. The summed E-state index contributed by atoms with van der Waals surface area (Å²) in [6, 6.07) is -0.164. The predicted octanol–water partition coefficient (Wildman–Crippen LogP) is 1.48. The van der Waals surface area contributed by atoms with E-state index in [1.807, 2.05) is 0 Å². The molecule has 1 aliphatic rings. The minimum atomic E-state index is -0.164. The number of unbranched alkanes of at least 4 members (excludes halogenated alkanes) is 1. The molecule has 1 saturated carbocycles. The van der Waals surface area contributed by atoms with Crippen molar-refractivity contribution in [1.82, 2.24) is 0 Å². The highest BCUT2D eigenvalue weighted by Crippen LogP contribution is 2.31. The van der Waals surface area contributed by atoms with Crippen molar-refractivity contribution >= 4 is 5.78 Å². The van der Waals surface area contributed by atoms with Crippen molar-refractivity contribution in [2.75, 3.05) is 0 Å². The number of hydrogen-bond acceptors (Lipinski definition) is 2. The molecule has 2 nitrogen and oxygen atoms in total. The van der Waals surface area contributed by atoms with Gasteiger partial charge in [-0.15, -0.1) is 0 Å². The molecule has 2 N–H and O–H groups in total. The molecule has 1 fully saturated rings. The Morgan fingerprint density at radius 2 is 2.27 bits per heavy atom. The molecular weight excluding hydrogens is 138 g/mol. The molecule has 2 heteroatoms. The van der Waals surface area contributed by atoms with Crippen LogP contribution in [0.2, 0.25) is 0 Å². The van der Waals surface area contributed by atoms with Crippen LogP contribution in [0, 0.1) is 5.92 Å². The van der Waals surface area contributed by atoms with E-state index >= 15 is 0 Å². The highest BCUT2D eigenvalue weighted by Gasteiger charge is 2.32. The average molecular weight is 155 g/mol. The fraction of sp³-hybridized carbons (Fsp3) is 0.889. The molecule has 0 amide bonds. The minimum absolute atomic E-state index is 0.164. The Labute approximate surface area is 68.2 Å². The lowest BCUT2D eigenvalue weighted by atomic mass is 10.0. The van der Waals surface area contributed by atoms with Gasteiger partial charge in [-0.1, -0.05) is 19.8 Å². The molecule has 0 aromatic heterocycles. The van der Waals surface area contributed by atoms with Gasteiger partial charge in [0.1, 0.15) is 0 Å². The summed E-state index contributed by atoms with van der Waals surface area (Å²) < 4.78 is 0. The highest BCUT2D eigenvalue weighted by molar-refractivity contribution is 5.87. The average Bonchev–Trinajstić information content (AvgIpc) is 2.81. The van der Waals surface area contributed by atoms with Crippen LogP contribution in [-0.4, -0.2) is 11.8 Å². The van der Waals surface area contributed by atoms with E-state index in [2.05, 4.69) is 6.92 Å². The van der Waals surface area contributed by atoms with Crippen LogP contribution in [-0.2, 0) is 4.79 Å². The molecule has 1 rings (SSSR count). The van der Waals surface area contributed by atoms with Crippen LogP contribution < -0.4 is 5.73 Å². The summed E-state index contributed by atoms with van der Waals surface area (Å²) in [5.41, 5.74) is 5.69. The Kier molecular flexibility index (Phi) is 3.06. The van der Waals surface area contributed by atoms with Crippen LogP contribution in [0.1, 0.15) is 39.0 Å². The molecular formula is C9H17NO. The largest absolute Gasteiger partial charge is 0.321 e. The number of carbonyl (C=O) groups is 1. The van der Waals surface area contributed by atoms with E-state index in [1.54, 1.807) is 0 Å². The van der Waals surface area contributed by atoms with Crippen molar-refractivity contribution < 1.29 is 4.79 Å². The van der Waals surface area contributed by atoms with Crippen LogP contribution in [0.3, 0.4) is 0 Å². The Morgan fingerprint density at radius 3 is 2.73 bits per heavy atom. The second kappa shape index (κ2) is 3.86. The van der Waals surface area contributed by atoms with Crippen LogP contribution in [0.5, 0.6) is 0 Å². The number of nitrogens with two attached hydrogens (primary N) is 1. The normalized spacial score (nSPS) is 19.8. The maximum atomic E-state index is 11.3. The minimum Gasteiger partial charge on any atom is -0.321 e. The summed E-state index contributed by atoms with van der Waals surface area (Å²) >= 11 is 0. The zero-order valence-corrected chi connectivity index (χ0v) is 7.18. The molecule has 0 heterocycles. The maximum absolute atomic E-state index is 11.3. The quantitative estimate of drug-likeness (QED) is 0.653. The lowest BCUT2D eigenvalue weighted by Gasteiger charge is -2.07. The summed E-state index contributed by atoms with van der Waals surface area (Å²) in [7, 11) is 0. The topological polar surface area (TPSA) is 43.1 Å². The zero-order chi connectivity index (χ0) is 8.27. The smallest absolute Gasteiger partial charge is 0.152 e. The van der Waals surface area contributed by atoms with E-state index in [4.69, 9.17) is 5.73 Å². The fourth-order valence-electron chi connectivity index (χ4n) is 1.24. The van der Waals surface area contributed by atoms with E-state index in [1.165, 1.54) is 0 Å². The molecule has 0 bridgehead atoms. The molecule has 1 atom stereocenters. The van der Waals surface area contributed by atoms with Crippen LogP contribution in [0.15, 0.2) is 0 Å². The molecule has 0 aromatic rings. The lowest BCUT2D eigenvalue weighted by molar-refractivity contribution is -0.121. The second-order valence-electron chi connectivity index (χ2n) is 3.43. The summed E-state index contributed by atoms with van der Waals surface area (Å²) in [6.07, 6.45) is 5.26. The van der Waals surface area contributed by atoms with Crippen molar-refractivity contribution in [1.29, 1.82) is 0 Å². The van der Waals surface area contributed by atoms with Crippen molar-refractivity contribution in [2.24, 2.45) is 11.7 Å². The molecule has 0 radical (unpaired) electrons. The van der Waals surface area contributed by atoms with Crippen LogP contribution in [0.25, 0.3) is 0 Å². The number of Topliss-reactive ketones (excluding diaryl/α,β-unsaturated/α-hetero) is 1. The first-order chi connectivity index (χ1) is 5.25. The van der Waals surface area contributed by atoms with Gasteiger partial charge < -0.3 is 5.73 Å². The number of ketones is 1. The maximum Gasteiger partial charge on any atom is 0.152 e. The van der Waals surface area contributed by atoms with Crippen molar-refractivity contribution in [3.63, 3.8) is 0 Å². The molecule has 0 aromatic carbocycles. The Morgan fingerprint density at radius 1 is 1.64 bits per heavy atom. The number of rotatable bonds is 5. The van der Waals surface area contributed by atoms with Crippen molar-refractivity contribution in [3.05, 3.63) is 0 Å². The molecule has 0 saturated heterocycles. The van der Waals surface area contributed by atoms with Gasteiger partial charge in [0.05, 0.1) is 6.04 Å². The fourth-order valence-corrected chi connectivity index (χ4v) is 1.24. The molecule has 0 aliphatic heterocycles. The van der Waals surface area contributed by atoms with Gasteiger partial charge in [-0.3, -0.25) is 4.79 Å². The van der Waals surface area contributed by atoms with Crippen molar-refractivity contribution in [2.45, 2.75) is 45.1 Å². The summed E-state index contributed by atoms with van der Waals surface area (Å²) in [4.78, 5) is 11.3. The van der Waals surface area contributed by atoms with Gasteiger partial charge in [0.15, 0.2) is 5.78 Å². The molecule has 11 heavy (non-hydrogen) atoms. The van der Waals surface area contributed by atoms with E-state index in [-0.39, 0.29) is 6.04 Å². The highest BCUT2D eigenvalue weighted by atomic mass is 16.1. The molecule has 0 spiro atoms. The van der Waals surface area contributed by atoms with Gasteiger partial charge in [0, 0.05) is 5.92 Å². The molecule has 64 valence electrons. The summed E-state index contributed by atoms with van der Waals surface area (Å²) in [5.74, 6) is 0.639. The number of hydrogen-bond donors (Lipinski definition) is 1. The third-order valence-electron chi connectivity index (χ3n) is 2.21. The number of carbonyl (C=O) groups excluding carboxylic acids is 1. The van der Waals surface area contributed by atoms with Gasteiger partial charge in [-0.05, 0) is 19.3 Å². The van der Waals surface area contributed by atoms with Crippen molar-refractivity contribution in [3.8, 4) is 0 Å². The van der Waals surface area contributed by atoms with Crippen LogP contribution >= 0.6 is 0 Å². The van der Waals surface area contributed by atoms with Gasteiger partial charge in [0.25, 0.3) is 0 Å². The summed E-state index contributed by atoms with van der Waals surface area (Å²) in [5, 5.41) is 0. The van der Waals surface area contributed by atoms with Crippen LogP contribution in [0.4, 0.5) is 0 Å².